The lowest BCUT2D eigenvalue weighted by Gasteiger charge is -2.22. The van der Waals surface area contributed by atoms with Gasteiger partial charge >= 0.3 is 0 Å². The molecule has 0 spiro atoms. The summed E-state index contributed by atoms with van der Waals surface area (Å²) in [5.74, 6) is 1.42. The van der Waals surface area contributed by atoms with Crippen LogP contribution in [0.3, 0.4) is 0 Å². The molecular weight excluding hydrogens is 330 g/mol. The van der Waals surface area contributed by atoms with Gasteiger partial charge in [-0.15, -0.1) is 0 Å². The molecule has 0 N–H and O–H groups in total. The van der Waals surface area contributed by atoms with Crippen molar-refractivity contribution < 1.29 is 13.2 Å². The van der Waals surface area contributed by atoms with Gasteiger partial charge in [-0.05, 0) is 37.7 Å². The van der Waals surface area contributed by atoms with Gasteiger partial charge in [-0.25, -0.2) is 8.42 Å². The van der Waals surface area contributed by atoms with Crippen molar-refractivity contribution in [1.82, 2.24) is 4.90 Å². The van der Waals surface area contributed by atoms with E-state index < -0.39 is 9.84 Å². The van der Waals surface area contributed by atoms with Crippen LogP contribution in [0.4, 0.5) is 0 Å². The Morgan fingerprint density at radius 2 is 2.05 bits per heavy atom. The van der Waals surface area contributed by atoms with E-state index in [0.717, 1.165) is 23.2 Å². The lowest BCUT2D eigenvalue weighted by Crippen LogP contribution is -2.35. The first-order valence-corrected chi connectivity index (χ1v) is 8.87. The molecule has 1 aromatic rings. The lowest BCUT2D eigenvalue weighted by atomic mass is 10.2. The highest BCUT2D eigenvalue weighted by Gasteiger charge is 2.30. The molecule has 1 heterocycles. The van der Waals surface area contributed by atoms with Gasteiger partial charge in [0.05, 0.1) is 11.5 Å². The van der Waals surface area contributed by atoms with Crippen molar-refractivity contribution >= 4 is 25.8 Å². The molecule has 6 heteroatoms. The quantitative estimate of drug-likeness (QED) is 0.816. The minimum absolute atomic E-state index is 0.138. The Bertz CT molecular complexity index is 515. The summed E-state index contributed by atoms with van der Waals surface area (Å²) in [6.07, 6.45) is 0.733. The highest BCUT2D eigenvalue weighted by molar-refractivity contribution is 9.10. The van der Waals surface area contributed by atoms with Crippen LogP contribution in [-0.4, -0.2) is 51.1 Å². The zero-order chi connectivity index (χ0) is 13.9. The number of likely N-dealkylation sites (N-methyl/N-ethyl adjacent to an activating group) is 1. The number of rotatable bonds is 5. The third kappa shape index (κ3) is 4.47. The van der Waals surface area contributed by atoms with Crippen molar-refractivity contribution in [3.05, 3.63) is 28.7 Å². The summed E-state index contributed by atoms with van der Waals surface area (Å²) in [6, 6.07) is 7.82. The number of hydrogen-bond acceptors (Lipinski definition) is 4. The largest absolute Gasteiger partial charge is 0.492 e. The number of nitrogens with zero attached hydrogens (tertiary/aromatic N) is 1. The molecule has 0 aromatic heterocycles. The van der Waals surface area contributed by atoms with Crippen LogP contribution in [0.2, 0.25) is 0 Å². The van der Waals surface area contributed by atoms with Gasteiger partial charge in [0.25, 0.3) is 0 Å². The number of benzene rings is 1. The van der Waals surface area contributed by atoms with Crippen molar-refractivity contribution in [1.29, 1.82) is 0 Å². The van der Waals surface area contributed by atoms with E-state index in [9.17, 15) is 8.42 Å². The van der Waals surface area contributed by atoms with E-state index in [0.29, 0.717) is 12.4 Å². The fourth-order valence-corrected chi connectivity index (χ4v) is 4.21. The first kappa shape index (κ1) is 14.8. The molecule has 2 rings (SSSR count). The van der Waals surface area contributed by atoms with Crippen molar-refractivity contribution in [3.8, 4) is 5.75 Å². The van der Waals surface area contributed by atoms with Crippen LogP contribution >= 0.6 is 15.9 Å². The van der Waals surface area contributed by atoms with Crippen LogP contribution in [0.1, 0.15) is 6.42 Å². The molecule has 1 fully saturated rings. The van der Waals surface area contributed by atoms with E-state index in [2.05, 4.69) is 20.8 Å². The standard InChI is InChI=1S/C13H18BrNO3S/c1-15(12-6-9-19(16,17)10-12)7-8-18-13-4-2-11(14)3-5-13/h2-5,12H,6-10H2,1H3. The Morgan fingerprint density at radius 3 is 2.63 bits per heavy atom. The fraction of sp³-hybridized carbons (Fsp3) is 0.538. The molecule has 0 aliphatic carbocycles. The lowest BCUT2D eigenvalue weighted by molar-refractivity contribution is 0.202. The molecule has 1 saturated heterocycles. The minimum atomic E-state index is -2.81. The van der Waals surface area contributed by atoms with Crippen LogP contribution < -0.4 is 4.74 Å². The molecular formula is C13H18BrNO3S. The predicted octanol–water partition coefficient (Wildman–Crippen LogP) is 1.95. The first-order chi connectivity index (χ1) is 8.96. The third-order valence-corrected chi connectivity index (χ3v) is 5.64. The third-order valence-electron chi connectivity index (χ3n) is 3.36. The topological polar surface area (TPSA) is 46.6 Å². The van der Waals surface area contributed by atoms with Crippen molar-refractivity contribution in [2.24, 2.45) is 0 Å². The Balaban J connectivity index is 1.75. The van der Waals surface area contributed by atoms with E-state index >= 15 is 0 Å². The zero-order valence-electron chi connectivity index (χ0n) is 10.9. The molecule has 1 aliphatic heterocycles. The monoisotopic (exact) mass is 347 g/mol. The van der Waals surface area contributed by atoms with Crippen LogP contribution in [0.5, 0.6) is 5.75 Å². The number of sulfone groups is 1. The number of hydrogen-bond donors (Lipinski definition) is 0. The van der Waals surface area contributed by atoms with Gasteiger partial charge < -0.3 is 4.74 Å². The average Bonchev–Trinajstić information content (AvgIpc) is 2.72. The molecule has 1 unspecified atom stereocenters. The average molecular weight is 348 g/mol. The molecule has 1 aliphatic rings. The summed E-state index contributed by atoms with van der Waals surface area (Å²) >= 11 is 3.37. The van der Waals surface area contributed by atoms with Crippen LogP contribution in [0.25, 0.3) is 0 Å². The van der Waals surface area contributed by atoms with E-state index in [4.69, 9.17) is 4.74 Å². The molecule has 0 radical (unpaired) electrons. The smallest absolute Gasteiger partial charge is 0.151 e. The van der Waals surface area contributed by atoms with Gasteiger partial charge in [0.2, 0.25) is 0 Å². The Kier molecular flexibility index (Phi) is 4.86. The maximum atomic E-state index is 11.4. The van der Waals surface area contributed by atoms with Crippen LogP contribution in [0, 0.1) is 0 Å². The fourth-order valence-electron chi connectivity index (χ4n) is 2.14. The summed E-state index contributed by atoms with van der Waals surface area (Å²) in [6.45, 7) is 1.30. The van der Waals surface area contributed by atoms with E-state index in [1.807, 2.05) is 31.3 Å². The molecule has 1 aromatic carbocycles. The second kappa shape index (κ2) is 6.24. The van der Waals surface area contributed by atoms with Crippen molar-refractivity contribution in [3.63, 3.8) is 0 Å². The van der Waals surface area contributed by atoms with E-state index in [1.54, 1.807) is 0 Å². The van der Waals surface area contributed by atoms with Gasteiger partial charge in [-0.2, -0.15) is 0 Å². The highest BCUT2D eigenvalue weighted by Crippen LogP contribution is 2.18. The predicted molar refractivity (Wildman–Crippen MR) is 79.3 cm³/mol. The van der Waals surface area contributed by atoms with Crippen LogP contribution in [0.15, 0.2) is 28.7 Å². The molecule has 106 valence electrons. The highest BCUT2D eigenvalue weighted by atomic mass is 79.9. The molecule has 0 amide bonds. The Labute approximate surface area is 122 Å². The Morgan fingerprint density at radius 1 is 1.37 bits per heavy atom. The van der Waals surface area contributed by atoms with Gasteiger partial charge in [0, 0.05) is 17.1 Å². The van der Waals surface area contributed by atoms with Gasteiger partial charge in [0.15, 0.2) is 9.84 Å². The molecule has 19 heavy (non-hydrogen) atoms. The summed E-state index contributed by atoms with van der Waals surface area (Å²) in [5, 5.41) is 0. The van der Waals surface area contributed by atoms with Crippen LogP contribution in [-0.2, 0) is 9.84 Å². The summed E-state index contributed by atoms with van der Waals surface area (Å²) < 4.78 is 29.5. The van der Waals surface area contributed by atoms with Crippen molar-refractivity contribution in [2.75, 3.05) is 31.7 Å². The second-order valence-corrected chi connectivity index (χ2v) is 7.98. The van der Waals surface area contributed by atoms with Gasteiger partial charge in [0.1, 0.15) is 12.4 Å². The minimum Gasteiger partial charge on any atom is -0.492 e. The SMILES string of the molecule is CN(CCOc1ccc(Br)cc1)C1CCS(=O)(=O)C1. The van der Waals surface area contributed by atoms with Gasteiger partial charge in [-0.1, -0.05) is 15.9 Å². The zero-order valence-corrected chi connectivity index (χ0v) is 13.3. The second-order valence-electron chi connectivity index (χ2n) is 4.84. The number of halogens is 1. The summed E-state index contributed by atoms with van der Waals surface area (Å²) in [5.41, 5.74) is 0. The molecule has 0 saturated carbocycles. The van der Waals surface area contributed by atoms with E-state index in [-0.39, 0.29) is 11.8 Å². The first-order valence-electron chi connectivity index (χ1n) is 6.25. The van der Waals surface area contributed by atoms with E-state index in [1.165, 1.54) is 0 Å². The number of ether oxygens (including phenoxy) is 1. The maximum absolute atomic E-state index is 11.4. The van der Waals surface area contributed by atoms with Gasteiger partial charge in [-0.3, -0.25) is 4.90 Å². The molecule has 0 bridgehead atoms. The normalized spacial score (nSPS) is 21.7. The summed E-state index contributed by atoms with van der Waals surface area (Å²) in [4.78, 5) is 2.07. The molecule has 4 nitrogen and oxygen atoms in total. The Hall–Kier alpha value is -0.590. The summed E-state index contributed by atoms with van der Waals surface area (Å²) in [7, 11) is -0.855. The maximum Gasteiger partial charge on any atom is 0.151 e. The molecule has 1 atom stereocenters. The van der Waals surface area contributed by atoms with Crippen molar-refractivity contribution in [2.45, 2.75) is 12.5 Å².